The molecule has 3 aromatic rings. The smallest absolute Gasteiger partial charge is 0.258 e. The molecule has 1 N–H and O–H groups in total. The van der Waals surface area contributed by atoms with Crippen molar-refractivity contribution in [2.75, 3.05) is 5.32 Å². The predicted octanol–water partition coefficient (Wildman–Crippen LogP) is 4.46. The van der Waals surface area contributed by atoms with E-state index in [1.54, 1.807) is 12.1 Å². The van der Waals surface area contributed by atoms with Crippen LogP contribution in [0.2, 0.25) is 0 Å². The van der Waals surface area contributed by atoms with Gasteiger partial charge in [0.1, 0.15) is 5.69 Å². The molecule has 0 saturated heterocycles. The number of anilines is 1. The minimum absolute atomic E-state index is 0.202. The molecule has 2 aromatic carbocycles. The van der Waals surface area contributed by atoms with Gasteiger partial charge in [0, 0.05) is 17.2 Å². The number of benzene rings is 2. The Labute approximate surface area is 135 Å². The van der Waals surface area contributed by atoms with Crippen LogP contribution in [0, 0.1) is 6.92 Å². The van der Waals surface area contributed by atoms with Crippen LogP contribution in [0.4, 0.5) is 5.88 Å². The zero-order valence-corrected chi connectivity index (χ0v) is 13.2. The van der Waals surface area contributed by atoms with Gasteiger partial charge in [0.05, 0.1) is 0 Å². The molecule has 0 unspecified atom stereocenters. The number of aromatic nitrogens is 1. The van der Waals surface area contributed by atoms with E-state index < -0.39 is 0 Å². The maximum Gasteiger partial charge on any atom is 0.258 e. The first-order chi connectivity index (χ1) is 11.2. The van der Waals surface area contributed by atoms with Crippen molar-refractivity contribution in [1.29, 1.82) is 0 Å². The van der Waals surface area contributed by atoms with E-state index in [4.69, 9.17) is 4.52 Å². The van der Waals surface area contributed by atoms with Gasteiger partial charge in [-0.1, -0.05) is 54.5 Å². The molecule has 0 fully saturated rings. The van der Waals surface area contributed by atoms with Crippen molar-refractivity contribution in [2.45, 2.75) is 20.3 Å². The summed E-state index contributed by atoms with van der Waals surface area (Å²) in [7, 11) is 0. The largest absolute Gasteiger partial charge is 0.338 e. The van der Waals surface area contributed by atoms with Crippen LogP contribution in [0.25, 0.3) is 11.3 Å². The summed E-state index contributed by atoms with van der Waals surface area (Å²) >= 11 is 0. The number of hydrogen-bond acceptors (Lipinski definition) is 3. The summed E-state index contributed by atoms with van der Waals surface area (Å²) in [5.74, 6) is 0.139. The Morgan fingerprint density at radius 1 is 1.13 bits per heavy atom. The number of carbonyl (C=O) groups excluding carboxylic acids is 1. The van der Waals surface area contributed by atoms with Gasteiger partial charge in [0.15, 0.2) is 0 Å². The van der Waals surface area contributed by atoms with Crippen LogP contribution in [0.5, 0.6) is 0 Å². The van der Waals surface area contributed by atoms with Crippen LogP contribution in [-0.4, -0.2) is 11.1 Å². The number of hydrogen-bond donors (Lipinski definition) is 1. The summed E-state index contributed by atoms with van der Waals surface area (Å²) in [6.45, 7) is 4.01. The Morgan fingerprint density at radius 2 is 1.87 bits per heavy atom. The van der Waals surface area contributed by atoms with E-state index in [-0.39, 0.29) is 5.91 Å². The van der Waals surface area contributed by atoms with Crippen molar-refractivity contribution in [3.8, 4) is 11.3 Å². The summed E-state index contributed by atoms with van der Waals surface area (Å²) in [5.41, 5.74) is 4.47. The third kappa shape index (κ3) is 3.31. The molecule has 4 heteroatoms. The van der Waals surface area contributed by atoms with Crippen molar-refractivity contribution < 1.29 is 9.32 Å². The number of aryl methyl sites for hydroxylation is 2. The van der Waals surface area contributed by atoms with Crippen molar-refractivity contribution in [3.63, 3.8) is 0 Å². The zero-order chi connectivity index (χ0) is 16.2. The van der Waals surface area contributed by atoms with Crippen molar-refractivity contribution in [2.24, 2.45) is 0 Å². The molecule has 116 valence electrons. The first-order valence-electron chi connectivity index (χ1n) is 7.60. The molecule has 0 atom stereocenters. The minimum atomic E-state index is -0.202. The summed E-state index contributed by atoms with van der Waals surface area (Å²) in [6.07, 6.45) is 0.997. The molecular weight excluding hydrogens is 288 g/mol. The van der Waals surface area contributed by atoms with Gasteiger partial charge in [-0.3, -0.25) is 10.1 Å². The van der Waals surface area contributed by atoms with Crippen LogP contribution in [0.15, 0.2) is 59.1 Å². The molecule has 0 spiro atoms. The maximum atomic E-state index is 12.3. The molecule has 1 heterocycles. The van der Waals surface area contributed by atoms with Gasteiger partial charge in [0.25, 0.3) is 5.91 Å². The van der Waals surface area contributed by atoms with Crippen molar-refractivity contribution in [1.82, 2.24) is 5.16 Å². The third-order valence-corrected chi connectivity index (χ3v) is 3.79. The van der Waals surface area contributed by atoms with E-state index in [9.17, 15) is 4.79 Å². The van der Waals surface area contributed by atoms with Gasteiger partial charge in [-0.05, 0) is 30.5 Å². The average Bonchev–Trinajstić information content (AvgIpc) is 3.03. The molecule has 23 heavy (non-hydrogen) atoms. The Balaban J connectivity index is 1.76. The summed E-state index contributed by atoms with van der Waals surface area (Å²) in [4.78, 5) is 12.3. The number of nitrogens with zero attached hydrogens (tertiary/aromatic N) is 1. The Hall–Kier alpha value is -2.88. The molecule has 0 aliphatic carbocycles. The number of carbonyl (C=O) groups is 1. The number of rotatable bonds is 4. The highest BCUT2D eigenvalue weighted by Gasteiger charge is 2.12. The third-order valence-electron chi connectivity index (χ3n) is 3.79. The van der Waals surface area contributed by atoms with Gasteiger partial charge in [-0.2, -0.15) is 0 Å². The van der Waals surface area contributed by atoms with E-state index >= 15 is 0 Å². The monoisotopic (exact) mass is 306 g/mol. The highest BCUT2D eigenvalue weighted by molar-refractivity contribution is 6.04. The van der Waals surface area contributed by atoms with Gasteiger partial charge in [-0.25, -0.2) is 0 Å². The lowest BCUT2D eigenvalue weighted by Crippen LogP contribution is -2.12. The van der Waals surface area contributed by atoms with Crippen LogP contribution >= 0.6 is 0 Å². The van der Waals surface area contributed by atoms with Crippen LogP contribution in [-0.2, 0) is 6.42 Å². The van der Waals surface area contributed by atoms with E-state index in [0.29, 0.717) is 17.1 Å². The Morgan fingerprint density at radius 3 is 2.57 bits per heavy atom. The molecule has 1 aromatic heterocycles. The molecule has 0 saturated carbocycles. The molecule has 0 aliphatic rings. The van der Waals surface area contributed by atoms with E-state index in [1.165, 1.54) is 5.56 Å². The second-order valence-electron chi connectivity index (χ2n) is 5.40. The van der Waals surface area contributed by atoms with E-state index in [2.05, 4.69) is 29.5 Å². The Bertz CT molecular complexity index is 819. The summed E-state index contributed by atoms with van der Waals surface area (Å²) in [5, 5.41) is 6.77. The fourth-order valence-corrected chi connectivity index (χ4v) is 2.39. The molecule has 0 aliphatic heterocycles. The first-order valence-corrected chi connectivity index (χ1v) is 7.60. The standard InChI is InChI=1S/C19H18N2O2/c1-3-14-8-10-15(11-9-14)17-12-18(23-21-17)20-19(22)16-7-5-4-6-13(16)2/h4-12H,3H2,1-2H3,(H,20,22). The average molecular weight is 306 g/mol. The van der Waals surface area contributed by atoms with Gasteiger partial charge in [-0.15, -0.1) is 0 Å². The minimum Gasteiger partial charge on any atom is -0.338 e. The maximum absolute atomic E-state index is 12.3. The van der Waals surface area contributed by atoms with Crippen LogP contribution < -0.4 is 5.32 Å². The van der Waals surface area contributed by atoms with Crippen LogP contribution in [0.3, 0.4) is 0 Å². The number of nitrogens with one attached hydrogen (secondary N) is 1. The molecule has 1 amide bonds. The van der Waals surface area contributed by atoms with Gasteiger partial charge < -0.3 is 4.52 Å². The fraction of sp³-hybridized carbons (Fsp3) is 0.158. The van der Waals surface area contributed by atoms with Crippen LogP contribution in [0.1, 0.15) is 28.4 Å². The topological polar surface area (TPSA) is 55.1 Å². The van der Waals surface area contributed by atoms with Gasteiger partial charge in [0.2, 0.25) is 5.88 Å². The van der Waals surface area contributed by atoms with E-state index in [0.717, 1.165) is 17.5 Å². The lowest BCUT2D eigenvalue weighted by atomic mass is 10.1. The Kier molecular flexibility index (Phi) is 4.24. The summed E-state index contributed by atoms with van der Waals surface area (Å²) in [6, 6.07) is 17.3. The zero-order valence-electron chi connectivity index (χ0n) is 13.2. The number of amides is 1. The van der Waals surface area contributed by atoms with Crippen molar-refractivity contribution in [3.05, 3.63) is 71.3 Å². The van der Waals surface area contributed by atoms with E-state index in [1.807, 2.05) is 37.3 Å². The second kappa shape index (κ2) is 6.48. The highest BCUT2D eigenvalue weighted by atomic mass is 16.5. The van der Waals surface area contributed by atoms with Gasteiger partial charge >= 0.3 is 0 Å². The normalized spacial score (nSPS) is 10.5. The second-order valence-corrected chi connectivity index (χ2v) is 5.40. The molecule has 0 radical (unpaired) electrons. The molecular formula is C19H18N2O2. The molecule has 4 nitrogen and oxygen atoms in total. The lowest BCUT2D eigenvalue weighted by Gasteiger charge is -2.03. The SMILES string of the molecule is CCc1ccc(-c2cc(NC(=O)c3ccccc3C)on2)cc1. The highest BCUT2D eigenvalue weighted by Crippen LogP contribution is 2.23. The molecule has 0 bridgehead atoms. The predicted molar refractivity (Wildman–Crippen MR) is 90.4 cm³/mol. The first kappa shape index (κ1) is 15.0. The van der Waals surface area contributed by atoms with Crippen molar-refractivity contribution >= 4 is 11.8 Å². The molecule has 3 rings (SSSR count). The summed E-state index contributed by atoms with van der Waals surface area (Å²) < 4.78 is 5.23. The fourth-order valence-electron chi connectivity index (χ4n) is 2.39. The lowest BCUT2D eigenvalue weighted by molar-refractivity contribution is 0.102. The quantitative estimate of drug-likeness (QED) is 0.774.